The molecule has 0 aliphatic carbocycles. The highest BCUT2D eigenvalue weighted by Gasteiger charge is 2.06. The Morgan fingerprint density at radius 3 is 2.75 bits per heavy atom. The van der Waals surface area contributed by atoms with Gasteiger partial charge in [-0.15, -0.1) is 0 Å². The van der Waals surface area contributed by atoms with Crippen LogP contribution in [0.2, 0.25) is 0 Å². The molecule has 0 unspecified atom stereocenters. The maximum absolute atomic E-state index is 4.05. The van der Waals surface area contributed by atoms with E-state index in [9.17, 15) is 0 Å². The van der Waals surface area contributed by atoms with E-state index in [4.69, 9.17) is 0 Å². The van der Waals surface area contributed by atoms with Crippen LogP contribution in [-0.2, 0) is 19.6 Å². The van der Waals surface area contributed by atoms with E-state index in [-0.39, 0.29) is 0 Å². The van der Waals surface area contributed by atoms with Crippen LogP contribution < -0.4 is 5.32 Å². The SMILES string of the molecule is CCn1c(C)cc(CNCCCCn2ccnc2)c1C. The van der Waals surface area contributed by atoms with Crippen molar-refractivity contribution in [3.63, 3.8) is 0 Å². The van der Waals surface area contributed by atoms with E-state index in [0.29, 0.717) is 0 Å². The minimum absolute atomic E-state index is 0.977. The number of nitrogens with zero attached hydrogens (tertiary/aromatic N) is 3. The Kier molecular flexibility index (Phi) is 5.41. The van der Waals surface area contributed by atoms with Gasteiger partial charge in [0, 0.05) is 43.4 Å². The van der Waals surface area contributed by atoms with Gasteiger partial charge in [-0.25, -0.2) is 4.98 Å². The minimum atomic E-state index is 0.977. The van der Waals surface area contributed by atoms with Gasteiger partial charge in [-0.3, -0.25) is 0 Å². The number of hydrogen-bond donors (Lipinski definition) is 1. The quantitative estimate of drug-likeness (QED) is 0.751. The number of hydrogen-bond acceptors (Lipinski definition) is 2. The van der Waals surface area contributed by atoms with Crippen molar-refractivity contribution >= 4 is 0 Å². The molecule has 0 bridgehead atoms. The van der Waals surface area contributed by atoms with Crippen molar-refractivity contribution in [1.29, 1.82) is 0 Å². The largest absolute Gasteiger partial charge is 0.349 e. The zero-order chi connectivity index (χ0) is 14.4. The van der Waals surface area contributed by atoms with E-state index in [1.54, 1.807) is 0 Å². The van der Waals surface area contributed by atoms with Crippen LogP contribution in [0.4, 0.5) is 0 Å². The molecular weight excluding hydrogens is 248 g/mol. The molecule has 2 rings (SSSR count). The molecule has 0 saturated carbocycles. The zero-order valence-electron chi connectivity index (χ0n) is 12.9. The lowest BCUT2D eigenvalue weighted by atomic mass is 10.2. The summed E-state index contributed by atoms with van der Waals surface area (Å²) in [6.45, 7) is 10.8. The third-order valence-corrected chi connectivity index (χ3v) is 3.89. The van der Waals surface area contributed by atoms with Crippen LogP contribution in [0.5, 0.6) is 0 Å². The summed E-state index contributed by atoms with van der Waals surface area (Å²) >= 11 is 0. The van der Waals surface area contributed by atoms with Crippen LogP contribution in [0.3, 0.4) is 0 Å². The van der Waals surface area contributed by atoms with Gasteiger partial charge in [-0.05, 0) is 51.8 Å². The molecule has 0 atom stereocenters. The van der Waals surface area contributed by atoms with Crippen molar-refractivity contribution in [3.05, 3.63) is 41.7 Å². The molecule has 4 heteroatoms. The average Bonchev–Trinajstić information content (AvgIpc) is 3.03. The van der Waals surface area contributed by atoms with E-state index in [0.717, 1.165) is 26.2 Å². The second-order valence-electron chi connectivity index (χ2n) is 5.33. The van der Waals surface area contributed by atoms with Crippen molar-refractivity contribution in [1.82, 2.24) is 19.4 Å². The number of aromatic nitrogens is 3. The molecule has 2 aromatic heterocycles. The van der Waals surface area contributed by atoms with Crippen molar-refractivity contribution < 1.29 is 0 Å². The van der Waals surface area contributed by atoms with Gasteiger partial charge in [0.15, 0.2) is 0 Å². The molecular formula is C16H26N4. The number of aryl methyl sites for hydroxylation is 2. The van der Waals surface area contributed by atoms with Gasteiger partial charge in [0.2, 0.25) is 0 Å². The smallest absolute Gasteiger partial charge is 0.0945 e. The highest BCUT2D eigenvalue weighted by Crippen LogP contribution is 2.14. The Balaban J connectivity index is 1.66. The summed E-state index contributed by atoms with van der Waals surface area (Å²) in [5.41, 5.74) is 4.19. The fourth-order valence-electron chi connectivity index (χ4n) is 2.72. The van der Waals surface area contributed by atoms with Crippen LogP contribution in [0.15, 0.2) is 24.8 Å². The number of nitrogens with one attached hydrogen (secondary N) is 1. The van der Waals surface area contributed by atoms with Gasteiger partial charge < -0.3 is 14.5 Å². The summed E-state index contributed by atoms with van der Waals surface area (Å²) in [7, 11) is 0. The molecule has 0 radical (unpaired) electrons. The Hall–Kier alpha value is -1.55. The van der Waals surface area contributed by atoms with E-state index in [1.165, 1.54) is 29.8 Å². The molecule has 0 aromatic carbocycles. The van der Waals surface area contributed by atoms with E-state index < -0.39 is 0 Å². The van der Waals surface area contributed by atoms with E-state index in [2.05, 4.69) is 46.3 Å². The second-order valence-corrected chi connectivity index (χ2v) is 5.33. The van der Waals surface area contributed by atoms with Crippen LogP contribution in [0.25, 0.3) is 0 Å². The molecule has 0 saturated heterocycles. The molecule has 0 fully saturated rings. The molecule has 0 amide bonds. The topological polar surface area (TPSA) is 34.8 Å². The van der Waals surface area contributed by atoms with Crippen molar-refractivity contribution in [2.45, 2.75) is 53.2 Å². The third-order valence-electron chi connectivity index (χ3n) is 3.89. The Morgan fingerprint density at radius 1 is 1.25 bits per heavy atom. The summed E-state index contributed by atoms with van der Waals surface area (Å²) in [6.07, 6.45) is 8.13. The molecule has 2 aromatic rings. The third kappa shape index (κ3) is 3.73. The predicted molar refractivity (Wildman–Crippen MR) is 82.7 cm³/mol. The summed E-state index contributed by atoms with van der Waals surface area (Å²) in [5.74, 6) is 0. The van der Waals surface area contributed by atoms with Crippen LogP contribution >= 0.6 is 0 Å². The highest BCUT2D eigenvalue weighted by atomic mass is 15.0. The standard InChI is InChI=1S/C16H26N4/c1-4-20-14(2)11-16(15(20)3)12-17-7-5-6-9-19-10-8-18-13-19/h8,10-11,13,17H,4-7,9,12H2,1-3H3. The van der Waals surface area contributed by atoms with Gasteiger partial charge >= 0.3 is 0 Å². The first-order chi connectivity index (χ1) is 9.72. The number of rotatable bonds is 8. The molecule has 1 N–H and O–H groups in total. The van der Waals surface area contributed by atoms with Gasteiger partial charge in [0.05, 0.1) is 6.33 Å². The first kappa shape index (κ1) is 14.9. The van der Waals surface area contributed by atoms with Crippen LogP contribution in [-0.4, -0.2) is 20.7 Å². The molecule has 20 heavy (non-hydrogen) atoms. The van der Waals surface area contributed by atoms with Crippen LogP contribution in [0.1, 0.15) is 36.7 Å². The monoisotopic (exact) mass is 274 g/mol. The highest BCUT2D eigenvalue weighted by molar-refractivity contribution is 5.26. The number of imidazole rings is 1. The van der Waals surface area contributed by atoms with Gasteiger partial charge in [-0.1, -0.05) is 0 Å². The lowest BCUT2D eigenvalue weighted by Crippen LogP contribution is -2.15. The molecule has 4 nitrogen and oxygen atoms in total. The fraction of sp³-hybridized carbons (Fsp3) is 0.562. The fourth-order valence-corrected chi connectivity index (χ4v) is 2.72. The summed E-state index contributed by atoms with van der Waals surface area (Å²) in [4.78, 5) is 4.05. The van der Waals surface area contributed by atoms with Crippen molar-refractivity contribution in [2.75, 3.05) is 6.54 Å². The van der Waals surface area contributed by atoms with Gasteiger partial charge in [-0.2, -0.15) is 0 Å². The molecule has 0 spiro atoms. The van der Waals surface area contributed by atoms with Crippen molar-refractivity contribution in [3.8, 4) is 0 Å². The van der Waals surface area contributed by atoms with Gasteiger partial charge in [0.1, 0.15) is 0 Å². The predicted octanol–water partition coefficient (Wildman–Crippen LogP) is 2.89. The Bertz CT molecular complexity index is 511. The Morgan fingerprint density at radius 2 is 2.10 bits per heavy atom. The Labute approximate surface area is 121 Å². The normalized spacial score (nSPS) is 11.2. The first-order valence-electron chi connectivity index (χ1n) is 7.54. The van der Waals surface area contributed by atoms with Gasteiger partial charge in [0.25, 0.3) is 0 Å². The molecule has 2 heterocycles. The summed E-state index contributed by atoms with van der Waals surface area (Å²) in [6, 6.07) is 2.30. The second kappa shape index (κ2) is 7.29. The first-order valence-corrected chi connectivity index (χ1v) is 7.54. The average molecular weight is 274 g/mol. The van der Waals surface area contributed by atoms with Crippen LogP contribution in [0, 0.1) is 13.8 Å². The minimum Gasteiger partial charge on any atom is -0.349 e. The van der Waals surface area contributed by atoms with Crippen molar-refractivity contribution in [2.24, 2.45) is 0 Å². The lowest BCUT2D eigenvalue weighted by molar-refractivity contribution is 0.567. The summed E-state index contributed by atoms with van der Waals surface area (Å²) < 4.78 is 4.50. The maximum Gasteiger partial charge on any atom is 0.0945 e. The molecule has 0 aliphatic heterocycles. The molecule has 110 valence electrons. The lowest BCUT2D eigenvalue weighted by Gasteiger charge is -2.07. The summed E-state index contributed by atoms with van der Waals surface area (Å²) in [5, 5.41) is 3.55. The van der Waals surface area contributed by atoms with E-state index >= 15 is 0 Å². The number of unbranched alkanes of at least 4 members (excludes halogenated alkanes) is 1. The molecule has 0 aliphatic rings. The van der Waals surface area contributed by atoms with E-state index in [1.807, 2.05) is 18.7 Å². The maximum atomic E-state index is 4.05. The zero-order valence-corrected chi connectivity index (χ0v) is 12.9.